The van der Waals surface area contributed by atoms with Crippen LogP contribution in [0, 0.1) is 34.9 Å². The Bertz CT molecular complexity index is 1520. The first-order chi connectivity index (χ1) is 19.0. The smallest absolute Gasteiger partial charge is 0.241 e. The molecule has 0 unspecified atom stereocenters. The number of hydrogen-bond donors (Lipinski definition) is 1. The number of carbonyl (C=O) groups excluding carboxylic acids is 4. The lowest BCUT2D eigenvalue weighted by molar-refractivity contribution is -0.140. The van der Waals surface area contributed by atoms with Gasteiger partial charge in [-0.2, -0.15) is 0 Å². The van der Waals surface area contributed by atoms with E-state index in [0.717, 1.165) is 16.5 Å². The second-order valence-electron chi connectivity index (χ2n) is 11.1. The Hall–Kier alpha value is -3.72. The Balaban J connectivity index is 1.55. The Kier molecular flexibility index (Phi) is 6.07. The Morgan fingerprint density at radius 1 is 1.07 bits per heavy atom. The lowest BCUT2D eigenvalue weighted by Crippen LogP contribution is -2.49. The summed E-state index contributed by atoms with van der Waals surface area (Å²) in [5.41, 5.74) is 0.259. The van der Waals surface area contributed by atoms with Gasteiger partial charge in [-0.1, -0.05) is 29.3 Å². The van der Waals surface area contributed by atoms with Crippen LogP contribution >= 0.6 is 11.6 Å². The number of nitrogens with zero attached hydrogens (tertiary/aromatic N) is 2. The molecule has 2 aliphatic carbocycles. The van der Waals surface area contributed by atoms with Crippen molar-refractivity contribution in [1.29, 1.82) is 0 Å². The predicted molar refractivity (Wildman–Crippen MR) is 143 cm³/mol. The van der Waals surface area contributed by atoms with Crippen LogP contribution in [-0.4, -0.2) is 47.3 Å². The third-order valence-corrected chi connectivity index (χ3v) is 9.66. The second kappa shape index (κ2) is 9.16. The quantitative estimate of drug-likeness (QED) is 0.433. The highest BCUT2D eigenvalue weighted by molar-refractivity contribution is 6.31. The largest absolute Gasteiger partial charge is 0.508 e. The van der Waals surface area contributed by atoms with Crippen molar-refractivity contribution in [2.75, 3.05) is 18.6 Å². The van der Waals surface area contributed by atoms with E-state index in [1.54, 1.807) is 19.9 Å². The fourth-order valence-electron chi connectivity index (χ4n) is 7.54. The zero-order chi connectivity index (χ0) is 28.7. The molecule has 6 rings (SSSR count). The van der Waals surface area contributed by atoms with Crippen LogP contribution in [0.5, 0.6) is 11.5 Å². The Morgan fingerprint density at radius 2 is 1.82 bits per heavy atom. The van der Waals surface area contributed by atoms with Gasteiger partial charge in [-0.3, -0.25) is 24.1 Å². The highest BCUT2D eigenvalue weighted by Crippen LogP contribution is 2.64. The van der Waals surface area contributed by atoms with Crippen LogP contribution < -0.4 is 9.64 Å². The first kappa shape index (κ1) is 26.5. The number of imide groups is 2. The number of likely N-dealkylation sites (tertiary alicyclic amines) is 1. The third kappa shape index (κ3) is 3.43. The molecular weight excluding hydrogens is 539 g/mol. The van der Waals surface area contributed by atoms with Gasteiger partial charge >= 0.3 is 0 Å². The number of methoxy groups -OCH3 is 1. The molecule has 4 amide bonds. The molecule has 2 aliphatic heterocycles. The molecule has 2 aromatic carbocycles. The number of phenols is 1. The Morgan fingerprint density at radius 3 is 2.50 bits per heavy atom. The minimum atomic E-state index is -1.30. The number of anilines is 1. The first-order valence-electron chi connectivity index (χ1n) is 13.3. The fraction of sp³-hybridized carbons (Fsp3) is 0.400. The number of rotatable bonds is 4. The van der Waals surface area contributed by atoms with Crippen molar-refractivity contribution in [1.82, 2.24) is 4.90 Å². The molecule has 2 aromatic rings. The van der Waals surface area contributed by atoms with Gasteiger partial charge in [0, 0.05) is 24.1 Å². The summed E-state index contributed by atoms with van der Waals surface area (Å²) in [6.07, 6.45) is 2.49. The molecule has 8 nitrogen and oxygen atoms in total. The van der Waals surface area contributed by atoms with Gasteiger partial charge in [-0.25, -0.2) is 9.29 Å². The van der Waals surface area contributed by atoms with Crippen molar-refractivity contribution in [3.8, 4) is 11.5 Å². The maximum Gasteiger partial charge on any atom is 0.241 e. The van der Waals surface area contributed by atoms with Gasteiger partial charge in [0.15, 0.2) is 0 Å². The summed E-state index contributed by atoms with van der Waals surface area (Å²) in [4.78, 5) is 57.4. The van der Waals surface area contributed by atoms with Gasteiger partial charge in [0.25, 0.3) is 0 Å². The normalized spacial score (nSPS) is 31.2. The number of fused-ring (bicyclic) bond motifs is 4. The number of ether oxygens (including phenoxy) is 1. The third-order valence-electron chi connectivity index (χ3n) is 9.37. The molecule has 4 aliphatic rings. The number of carbonyl (C=O) groups is 4. The van der Waals surface area contributed by atoms with Gasteiger partial charge in [0.1, 0.15) is 17.3 Å². The second-order valence-corrected chi connectivity index (χ2v) is 11.5. The summed E-state index contributed by atoms with van der Waals surface area (Å²) in [6.45, 7) is 3.76. The molecule has 1 N–H and O–H groups in total. The highest BCUT2D eigenvalue weighted by Gasteiger charge is 2.67. The van der Waals surface area contributed by atoms with Crippen LogP contribution in [0.4, 0.5) is 10.1 Å². The lowest BCUT2D eigenvalue weighted by Gasteiger charge is -2.49. The van der Waals surface area contributed by atoms with Crippen molar-refractivity contribution in [2.45, 2.75) is 32.6 Å². The van der Waals surface area contributed by atoms with E-state index in [1.807, 2.05) is 6.08 Å². The number of hydrogen-bond acceptors (Lipinski definition) is 6. The number of halogens is 2. The summed E-state index contributed by atoms with van der Waals surface area (Å²) in [7, 11) is 1.45. The van der Waals surface area contributed by atoms with E-state index >= 15 is 0 Å². The van der Waals surface area contributed by atoms with E-state index < -0.39 is 52.6 Å². The average molecular weight is 567 g/mol. The van der Waals surface area contributed by atoms with E-state index in [1.165, 1.54) is 36.3 Å². The lowest BCUT2D eigenvalue weighted by atomic mass is 9.51. The molecule has 10 heteroatoms. The number of phenolic OH excluding ortho intramolecular Hbond substituents is 1. The van der Waals surface area contributed by atoms with Crippen molar-refractivity contribution in [3.05, 3.63) is 64.5 Å². The van der Waals surface area contributed by atoms with E-state index in [0.29, 0.717) is 17.7 Å². The zero-order valence-electron chi connectivity index (χ0n) is 22.2. The monoisotopic (exact) mass is 566 g/mol. The topological polar surface area (TPSA) is 104 Å². The van der Waals surface area contributed by atoms with Crippen molar-refractivity contribution < 1.29 is 33.4 Å². The minimum Gasteiger partial charge on any atom is -0.508 e. The molecule has 208 valence electrons. The number of aromatic hydroxyl groups is 1. The van der Waals surface area contributed by atoms with Crippen LogP contribution in [0.25, 0.3) is 0 Å². The minimum absolute atomic E-state index is 0.0288. The predicted octanol–water partition coefficient (Wildman–Crippen LogP) is 4.44. The van der Waals surface area contributed by atoms with E-state index in [4.69, 9.17) is 16.3 Å². The summed E-state index contributed by atoms with van der Waals surface area (Å²) in [5, 5.41) is 9.95. The zero-order valence-corrected chi connectivity index (χ0v) is 22.9. The number of allylic oxidation sites excluding steroid dienone is 2. The molecule has 40 heavy (non-hydrogen) atoms. The van der Waals surface area contributed by atoms with Crippen molar-refractivity contribution >= 4 is 40.9 Å². The number of amides is 4. The summed E-state index contributed by atoms with van der Waals surface area (Å²) in [5.74, 6) is -4.93. The summed E-state index contributed by atoms with van der Waals surface area (Å²) >= 11 is 6.02. The van der Waals surface area contributed by atoms with E-state index in [-0.39, 0.29) is 41.2 Å². The van der Waals surface area contributed by atoms with Gasteiger partial charge in [0.2, 0.25) is 23.6 Å². The molecule has 2 heterocycles. The van der Waals surface area contributed by atoms with Crippen LogP contribution in [0.3, 0.4) is 0 Å². The molecule has 1 saturated carbocycles. The van der Waals surface area contributed by atoms with Gasteiger partial charge in [-0.05, 0) is 56.9 Å². The molecule has 3 fully saturated rings. The van der Waals surface area contributed by atoms with Crippen molar-refractivity contribution in [3.63, 3.8) is 0 Å². The molecule has 2 saturated heterocycles. The molecular formula is C30H28ClFN2O6. The van der Waals surface area contributed by atoms with Gasteiger partial charge in [0.05, 0.1) is 41.0 Å². The molecule has 0 radical (unpaired) electrons. The fourth-order valence-corrected chi connectivity index (χ4v) is 7.72. The average Bonchev–Trinajstić information content (AvgIpc) is 3.29. The number of benzene rings is 2. The highest BCUT2D eigenvalue weighted by atomic mass is 35.5. The van der Waals surface area contributed by atoms with Crippen LogP contribution in [0.15, 0.2) is 48.0 Å². The van der Waals surface area contributed by atoms with Crippen LogP contribution in [0.1, 0.15) is 38.2 Å². The summed E-state index contributed by atoms with van der Waals surface area (Å²) in [6, 6.07) is 8.32. The summed E-state index contributed by atoms with van der Waals surface area (Å²) < 4.78 is 19.6. The maximum absolute atomic E-state index is 14.4. The van der Waals surface area contributed by atoms with Crippen LogP contribution in [0.2, 0.25) is 5.02 Å². The molecule has 0 spiro atoms. The van der Waals surface area contributed by atoms with E-state index in [9.17, 15) is 28.7 Å². The SMILES string of the molecule is CCN1C(=O)[C@H]2[C@H](CC=C3[C@H]2C[C@H]2C(=O)N(c4ccc(F)c(Cl)c4)C(=O)[C@@]2(C)[C@H]3c2ccc(O)cc2OC)C1=O. The van der Waals surface area contributed by atoms with Gasteiger partial charge in [-0.15, -0.1) is 0 Å². The standard InChI is InChI=1S/C30H28ClFN2O6/c1-4-33-26(36)18-9-8-16-19(24(18)28(33)38)13-20-27(37)34(14-5-10-22(32)21(31)11-14)29(39)30(20,2)25(16)17-7-6-15(35)12-23(17)40-3/h5-8,10-12,18-20,24-25,35H,4,9,13H2,1-3H3/t18-,19+,20-,24-,25+,30+/m0/s1. The van der Waals surface area contributed by atoms with E-state index in [2.05, 4.69) is 0 Å². The Labute approximate surface area is 235 Å². The maximum atomic E-state index is 14.4. The van der Waals surface area contributed by atoms with Crippen LogP contribution in [-0.2, 0) is 19.2 Å². The molecule has 0 aromatic heterocycles. The van der Waals surface area contributed by atoms with Gasteiger partial charge < -0.3 is 9.84 Å². The van der Waals surface area contributed by atoms with Crippen molar-refractivity contribution in [2.24, 2.45) is 29.1 Å². The molecule has 6 atom stereocenters. The first-order valence-corrected chi connectivity index (χ1v) is 13.7. The molecule has 0 bridgehead atoms.